The molecule has 0 spiro atoms. The van der Waals surface area contributed by atoms with E-state index in [-0.39, 0.29) is 9.79 Å². The van der Waals surface area contributed by atoms with Crippen LogP contribution < -0.4 is 0 Å². The van der Waals surface area contributed by atoms with Crippen LogP contribution in [0.15, 0.2) is 58.3 Å². The molecule has 2 aromatic carbocycles. The number of aryl methyl sites for hydroxylation is 2. The van der Waals surface area contributed by atoms with Crippen molar-refractivity contribution in [3.8, 4) is 0 Å². The van der Waals surface area contributed by atoms with Crippen molar-refractivity contribution in [2.45, 2.75) is 46.7 Å². The van der Waals surface area contributed by atoms with Crippen molar-refractivity contribution in [3.63, 3.8) is 0 Å². The van der Waals surface area contributed by atoms with Gasteiger partial charge in [-0.2, -0.15) is 0 Å². The first-order valence-electron chi connectivity index (χ1n) is 8.22. The molecule has 0 fully saturated rings. The molecular formula is C18H22O8S2. The van der Waals surface area contributed by atoms with E-state index in [1.165, 1.54) is 48.5 Å². The van der Waals surface area contributed by atoms with E-state index >= 15 is 0 Å². The fourth-order valence-corrected chi connectivity index (χ4v) is 5.08. The summed E-state index contributed by atoms with van der Waals surface area (Å²) in [5.41, 5.74) is -3.58. The standard InChI is InChI=1S/C18H22O8S2/c1-11-3-7-13(8-4-11)27(23,24)17(21)15(19)16(20)18(22)28(25,26)14-9-5-12(2)6-10-14/h3-10,15-22H,1-2H3/t15-,16-,17?,18?/m0/s1. The normalized spacial score (nSPS) is 16.9. The lowest BCUT2D eigenvalue weighted by Crippen LogP contribution is -2.49. The molecule has 0 saturated carbocycles. The van der Waals surface area contributed by atoms with Crippen molar-refractivity contribution in [3.05, 3.63) is 59.7 Å². The lowest BCUT2D eigenvalue weighted by atomic mass is 10.2. The Morgan fingerprint density at radius 1 is 0.571 bits per heavy atom. The zero-order chi connectivity index (χ0) is 21.3. The molecule has 0 aromatic heterocycles. The summed E-state index contributed by atoms with van der Waals surface area (Å²) in [6.07, 6.45) is -4.94. The molecule has 0 aliphatic heterocycles. The molecule has 0 saturated heterocycles. The highest BCUT2D eigenvalue weighted by Crippen LogP contribution is 2.23. The minimum absolute atomic E-state index is 0.326. The predicted octanol–water partition coefficient (Wildman–Crippen LogP) is -0.0904. The van der Waals surface area contributed by atoms with E-state index in [0.29, 0.717) is 0 Å². The maximum atomic E-state index is 12.4. The van der Waals surface area contributed by atoms with Crippen LogP contribution in [0.1, 0.15) is 11.1 Å². The van der Waals surface area contributed by atoms with Gasteiger partial charge >= 0.3 is 0 Å². The molecule has 28 heavy (non-hydrogen) atoms. The van der Waals surface area contributed by atoms with Crippen molar-refractivity contribution < 1.29 is 37.3 Å². The molecule has 0 aliphatic rings. The third-order valence-corrected chi connectivity index (χ3v) is 7.96. The number of aliphatic hydroxyl groups excluding tert-OH is 4. The van der Waals surface area contributed by atoms with Crippen LogP contribution in [0.4, 0.5) is 0 Å². The van der Waals surface area contributed by atoms with E-state index in [4.69, 9.17) is 0 Å². The number of hydrogen-bond acceptors (Lipinski definition) is 8. The van der Waals surface area contributed by atoms with Crippen molar-refractivity contribution in [1.82, 2.24) is 0 Å². The molecule has 0 amide bonds. The highest BCUT2D eigenvalue weighted by molar-refractivity contribution is 7.92. The zero-order valence-electron chi connectivity index (χ0n) is 15.2. The van der Waals surface area contributed by atoms with Gasteiger partial charge in [-0.15, -0.1) is 0 Å². The Morgan fingerprint density at radius 2 is 0.821 bits per heavy atom. The lowest BCUT2D eigenvalue weighted by Gasteiger charge is -2.26. The number of hydrogen-bond donors (Lipinski definition) is 4. The number of aliphatic hydroxyl groups is 4. The summed E-state index contributed by atoms with van der Waals surface area (Å²) >= 11 is 0. The van der Waals surface area contributed by atoms with Gasteiger partial charge in [0.1, 0.15) is 12.2 Å². The SMILES string of the molecule is Cc1ccc(S(=O)(=O)C(O)[C@@H](O)[C@H](O)C(O)S(=O)(=O)c2ccc(C)cc2)cc1. The van der Waals surface area contributed by atoms with Gasteiger partial charge < -0.3 is 20.4 Å². The summed E-state index contributed by atoms with van der Waals surface area (Å²) in [5.74, 6) is 0. The van der Waals surface area contributed by atoms with Gasteiger partial charge in [0.2, 0.25) is 19.7 Å². The maximum absolute atomic E-state index is 12.4. The third kappa shape index (κ3) is 4.43. The molecule has 0 bridgehead atoms. The van der Waals surface area contributed by atoms with E-state index in [2.05, 4.69) is 0 Å². The predicted molar refractivity (Wildman–Crippen MR) is 101 cm³/mol. The van der Waals surface area contributed by atoms with E-state index < -0.39 is 42.8 Å². The Balaban J connectivity index is 2.28. The third-order valence-electron chi connectivity index (χ3n) is 4.27. The quantitative estimate of drug-likeness (QED) is 0.476. The summed E-state index contributed by atoms with van der Waals surface area (Å²) in [4.78, 5) is -0.652. The molecule has 4 atom stereocenters. The first-order valence-corrected chi connectivity index (χ1v) is 11.3. The zero-order valence-corrected chi connectivity index (χ0v) is 16.8. The van der Waals surface area contributed by atoms with E-state index in [1.54, 1.807) is 13.8 Å². The molecule has 0 aliphatic carbocycles. The largest absolute Gasteiger partial charge is 0.386 e. The van der Waals surface area contributed by atoms with Crippen LogP contribution in [0.25, 0.3) is 0 Å². The van der Waals surface area contributed by atoms with Crippen LogP contribution in [0, 0.1) is 13.8 Å². The van der Waals surface area contributed by atoms with Gasteiger partial charge in [0.25, 0.3) is 0 Å². The average molecular weight is 431 g/mol. The molecule has 8 nitrogen and oxygen atoms in total. The Kier molecular flexibility index (Phi) is 6.64. The van der Waals surface area contributed by atoms with Gasteiger partial charge in [-0.1, -0.05) is 35.4 Å². The Hall–Kier alpha value is -1.82. The molecule has 0 radical (unpaired) electrons. The number of sulfone groups is 2. The minimum atomic E-state index is -4.51. The van der Waals surface area contributed by atoms with Gasteiger partial charge in [0, 0.05) is 0 Å². The minimum Gasteiger partial charge on any atom is -0.386 e. The van der Waals surface area contributed by atoms with E-state index in [1.807, 2.05) is 0 Å². The molecule has 10 heteroatoms. The van der Waals surface area contributed by atoms with Crippen LogP contribution in [0.3, 0.4) is 0 Å². The fraction of sp³-hybridized carbons (Fsp3) is 0.333. The molecule has 2 aromatic rings. The fourth-order valence-electron chi connectivity index (χ4n) is 2.44. The summed E-state index contributed by atoms with van der Waals surface area (Å²) < 4.78 is 49.7. The first-order chi connectivity index (χ1) is 12.9. The lowest BCUT2D eigenvalue weighted by molar-refractivity contribution is -0.0631. The smallest absolute Gasteiger partial charge is 0.207 e. The molecule has 2 unspecified atom stereocenters. The van der Waals surface area contributed by atoms with Crippen LogP contribution >= 0.6 is 0 Å². The van der Waals surface area contributed by atoms with Crippen molar-refractivity contribution >= 4 is 19.7 Å². The Labute approximate surface area is 163 Å². The number of rotatable bonds is 7. The number of benzene rings is 2. The summed E-state index contributed by atoms with van der Waals surface area (Å²) in [7, 11) is -9.02. The summed E-state index contributed by atoms with van der Waals surface area (Å²) in [6, 6.07) is 10.7. The van der Waals surface area contributed by atoms with Crippen molar-refractivity contribution in [2.75, 3.05) is 0 Å². The maximum Gasteiger partial charge on any atom is 0.207 e. The van der Waals surface area contributed by atoms with Crippen LogP contribution in [-0.2, 0) is 19.7 Å². The Bertz CT molecular complexity index is 927. The van der Waals surface area contributed by atoms with Gasteiger partial charge in [0.05, 0.1) is 9.79 Å². The molecule has 4 N–H and O–H groups in total. The van der Waals surface area contributed by atoms with Crippen molar-refractivity contribution in [2.24, 2.45) is 0 Å². The van der Waals surface area contributed by atoms with Crippen LogP contribution in [-0.4, -0.2) is 60.3 Å². The first kappa shape index (κ1) is 22.5. The van der Waals surface area contributed by atoms with Crippen LogP contribution in [0.5, 0.6) is 0 Å². The Morgan fingerprint density at radius 3 is 1.07 bits per heavy atom. The molecular weight excluding hydrogens is 408 g/mol. The van der Waals surface area contributed by atoms with Gasteiger partial charge in [-0.25, -0.2) is 16.8 Å². The highest BCUT2D eigenvalue weighted by Gasteiger charge is 2.43. The second-order valence-electron chi connectivity index (χ2n) is 6.48. The van der Waals surface area contributed by atoms with Gasteiger partial charge in [-0.05, 0) is 38.1 Å². The average Bonchev–Trinajstić information content (AvgIpc) is 2.66. The second kappa shape index (κ2) is 8.27. The molecule has 2 rings (SSSR count). The molecule has 0 heterocycles. The van der Waals surface area contributed by atoms with E-state index in [0.717, 1.165) is 11.1 Å². The van der Waals surface area contributed by atoms with Crippen molar-refractivity contribution in [1.29, 1.82) is 0 Å². The molecule has 154 valence electrons. The van der Waals surface area contributed by atoms with Gasteiger partial charge in [0.15, 0.2) is 10.9 Å². The van der Waals surface area contributed by atoms with Gasteiger partial charge in [-0.3, -0.25) is 0 Å². The monoisotopic (exact) mass is 430 g/mol. The highest BCUT2D eigenvalue weighted by atomic mass is 32.2. The van der Waals surface area contributed by atoms with E-state index in [9.17, 15) is 37.3 Å². The van der Waals surface area contributed by atoms with Crippen LogP contribution in [0.2, 0.25) is 0 Å². The second-order valence-corrected chi connectivity index (χ2v) is 10.6. The topological polar surface area (TPSA) is 149 Å². The summed E-state index contributed by atoms with van der Waals surface area (Å²) in [5, 5.41) is 40.2. The summed E-state index contributed by atoms with van der Waals surface area (Å²) in [6.45, 7) is 3.44.